The molecule has 0 aromatic rings. The number of amides is 1. The van der Waals surface area contributed by atoms with Gasteiger partial charge in [-0.3, -0.25) is 14.5 Å². The van der Waals surface area contributed by atoms with Gasteiger partial charge in [-0.15, -0.1) is 0 Å². The van der Waals surface area contributed by atoms with Gasteiger partial charge < -0.3 is 10.1 Å². The fraction of sp³-hybridized carbons (Fsp3) is 0.846. The summed E-state index contributed by atoms with van der Waals surface area (Å²) in [5, 5.41) is 2.92. The molecule has 0 aromatic heterocycles. The highest BCUT2D eigenvalue weighted by Gasteiger charge is 2.30. The summed E-state index contributed by atoms with van der Waals surface area (Å²) in [4.78, 5) is 25.4. The summed E-state index contributed by atoms with van der Waals surface area (Å²) in [6, 6.07) is -0.0784. The van der Waals surface area contributed by atoms with Crippen LogP contribution in [0.5, 0.6) is 0 Å². The molecular formula is C13H24N2O3. The monoisotopic (exact) mass is 256 g/mol. The van der Waals surface area contributed by atoms with Gasteiger partial charge in [0.15, 0.2) is 0 Å². The second kappa shape index (κ2) is 7.36. The van der Waals surface area contributed by atoms with Crippen LogP contribution in [0.2, 0.25) is 0 Å². The van der Waals surface area contributed by atoms with E-state index in [1.54, 1.807) is 0 Å². The van der Waals surface area contributed by atoms with Crippen molar-refractivity contribution in [3.63, 3.8) is 0 Å². The molecule has 1 N–H and O–H groups in total. The van der Waals surface area contributed by atoms with Crippen molar-refractivity contribution in [1.29, 1.82) is 0 Å². The van der Waals surface area contributed by atoms with Gasteiger partial charge >= 0.3 is 5.97 Å². The highest BCUT2D eigenvalue weighted by atomic mass is 16.5. The van der Waals surface area contributed by atoms with E-state index in [-0.39, 0.29) is 30.5 Å². The van der Waals surface area contributed by atoms with Crippen molar-refractivity contribution >= 4 is 11.9 Å². The van der Waals surface area contributed by atoms with Crippen LogP contribution in [0.25, 0.3) is 0 Å². The first-order chi connectivity index (χ1) is 8.58. The van der Waals surface area contributed by atoms with E-state index < -0.39 is 0 Å². The van der Waals surface area contributed by atoms with Crippen LogP contribution in [0.1, 0.15) is 39.5 Å². The minimum atomic E-state index is -0.258. The number of nitrogens with one attached hydrogen (secondary N) is 1. The lowest BCUT2D eigenvalue weighted by molar-refractivity contribution is -0.148. The van der Waals surface area contributed by atoms with E-state index in [1.165, 1.54) is 7.11 Å². The maximum Gasteiger partial charge on any atom is 0.323 e. The van der Waals surface area contributed by atoms with Gasteiger partial charge in [-0.25, -0.2) is 0 Å². The number of nitrogens with zero attached hydrogens (tertiary/aromatic N) is 1. The summed E-state index contributed by atoms with van der Waals surface area (Å²) in [7, 11) is 1.40. The normalized spacial score (nSPS) is 22.3. The van der Waals surface area contributed by atoms with Crippen LogP contribution in [-0.2, 0) is 14.3 Å². The molecule has 1 fully saturated rings. The van der Waals surface area contributed by atoms with Crippen LogP contribution in [0.15, 0.2) is 0 Å². The summed E-state index contributed by atoms with van der Waals surface area (Å²) in [5.74, 6) is -0.244. The van der Waals surface area contributed by atoms with Crippen LogP contribution >= 0.6 is 0 Å². The lowest BCUT2D eigenvalue weighted by Crippen LogP contribution is -2.50. The van der Waals surface area contributed by atoms with Crippen LogP contribution in [0.3, 0.4) is 0 Å². The number of methoxy groups -OCH3 is 1. The Morgan fingerprint density at radius 2 is 2.17 bits per heavy atom. The summed E-state index contributed by atoms with van der Waals surface area (Å²) in [6.45, 7) is 5.08. The Kier molecular flexibility index (Phi) is 6.12. The molecule has 1 amide bonds. The number of ether oxygens (including phenoxy) is 1. The summed E-state index contributed by atoms with van der Waals surface area (Å²) < 4.78 is 4.79. The number of carbonyl (C=O) groups excluding carboxylic acids is 2. The second-order valence-electron chi connectivity index (χ2n) is 4.88. The Morgan fingerprint density at radius 1 is 1.44 bits per heavy atom. The van der Waals surface area contributed by atoms with Crippen molar-refractivity contribution < 1.29 is 14.3 Å². The first kappa shape index (κ1) is 15.0. The molecule has 0 bridgehead atoms. The molecule has 2 atom stereocenters. The molecule has 1 rings (SSSR count). The lowest BCUT2D eigenvalue weighted by Gasteiger charge is -2.33. The number of hydrogen-bond donors (Lipinski definition) is 1. The van der Waals surface area contributed by atoms with Gasteiger partial charge in [-0.2, -0.15) is 0 Å². The lowest BCUT2D eigenvalue weighted by atomic mass is 10.0. The predicted molar refractivity (Wildman–Crippen MR) is 69.1 cm³/mol. The van der Waals surface area contributed by atoms with Gasteiger partial charge in [0.2, 0.25) is 5.91 Å². The Balaban J connectivity index is 2.51. The van der Waals surface area contributed by atoms with Gasteiger partial charge in [-0.05, 0) is 32.7 Å². The zero-order valence-electron chi connectivity index (χ0n) is 11.6. The third-order valence-electron chi connectivity index (χ3n) is 3.45. The summed E-state index contributed by atoms with van der Waals surface area (Å²) in [5.41, 5.74) is 0. The largest absolute Gasteiger partial charge is 0.468 e. The first-order valence-electron chi connectivity index (χ1n) is 6.69. The van der Waals surface area contributed by atoms with E-state index in [9.17, 15) is 9.59 Å². The topological polar surface area (TPSA) is 58.6 Å². The Morgan fingerprint density at radius 3 is 2.78 bits per heavy atom. The second-order valence-corrected chi connectivity index (χ2v) is 4.88. The number of hydrogen-bond acceptors (Lipinski definition) is 4. The third-order valence-corrected chi connectivity index (χ3v) is 3.45. The maximum absolute atomic E-state index is 11.8. The van der Waals surface area contributed by atoms with E-state index in [0.717, 1.165) is 32.2 Å². The average molecular weight is 256 g/mol. The molecule has 18 heavy (non-hydrogen) atoms. The first-order valence-corrected chi connectivity index (χ1v) is 6.69. The molecule has 5 nitrogen and oxygen atoms in total. The van der Waals surface area contributed by atoms with E-state index in [4.69, 9.17) is 4.74 Å². The zero-order chi connectivity index (χ0) is 13.5. The van der Waals surface area contributed by atoms with Gasteiger partial charge in [0.05, 0.1) is 13.7 Å². The maximum atomic E-state index is 11.8. The molecule has 1 aliphatic heterocycles. The van der Waals surface area contributed by atoms with Gasteiger partial charge in [0, 0.05) is 6.04 Å². The molecular weight excluding hydrogens is 232 g/mol. The van der Waals surface area contributed by atoms with Gasteiger partial charge in [0.1, 0.15) is 6.04 Å². The average Bonchev–Trinajstić information content (AvgIpc) is 2.38. The quantitative estimate of drug-likeness (QED) is 0.743. The molecule has 1 saturated heterocycles. The van der Waals surface area contributed by atoms with Gasteiger partial charge in [0.25, 0.3) is 0 Å². The fourth-order valence-corrected chi connectivity index (χ4v) is 2.19. The summed E-state index contributed by atoms with van der Waals surface area (Å²) >= 11 is 0. The van der Waals surface area contributed by atoms with Gasteiger partial charge in [-0.1, -0.05) is 13.3 Å². The highest BCUT2D eigenvalue weighted by Crippen LogP contribution is 2.17. The molecule has 1 unspecified atom stereocenters. The Hall–Kier alpha value is -1.10. The van der Waals surface area contributed by atoms with Crippen molar-refractivity contribution in [3.8, 4) is 0 Å². The van der Waals surface area contributed by atoms with E-state index in [0.29, 0.717) is 0 Å². The molecule has 1 heterocycles. The highest BCUT2D eigenvalue weighted by molar-refractivity contribution is 5.80. The number of rotatable bonds is 5. The van der Waals surface area contributed by atoms with Crippen LogP contribution < -0.4 is 5.32 Å². The minimum absolute atomic E-state index is 0.0137. The predicted octanol–water partition coefficient (Wildman–Crippen LogP) is 0.929. The molecule has 0 saturated carbocycles. The van der Waals surface area contributed by atoms with E-state index >= 15 is 0 Å². The number of piperidine rings is 1. The number of esters is 1. The molecule has 5 heteroatoms. The van der Waals surface area contributed by atoms with Crippen LogP contribution in [0, 0.1) is 0 Å². The van der Waals surface area contributed by atoms with Crippen molar-refractivity contribution in [2.45, 2.75) is 51.6 Å². The smallest absolute Gasteiger partial charge is 0.323 e. The molecule has 0 aromatic carbocycles. The SMILES string of the molecule is CCC(C)NC(=O)CN1CCCC[C@@H]1C(=O)OC. The molecule has 0 spiro atoms. The van der Waals surface area contributed by atoms with Crippen LogP contribution in [-0.4, -0.2) is 49.1 Å². The molecule has 104 valence electrons. The van der Waals surface area contributed by atoms with Crippen molar-refractivity contribution in [2.75, 3.05) is 20.2 Å². The molecule has 1 aliphatic rings. The third kappa shape index (κ3) is 4.29. The van der Waals surface area contributed by atoms with E-state index in [1.807, 2.05) is 18.7 Å². The van der Waals surface area contributed by atoms with Crippen molar-refractivity contribution in [3.05, 3.63) is 0 Å². The van der Waals surface area contributed by atoms with Crippen molar-refractivity contribution in [1.82, 2.24) is 10.2 Å². The Bertz CT molecular complexity index is 294. The Labute approximate surface area is 109 Å². The van der Waals surface area contributed by atoms with Crippen molar-refractivity contribution in [2.24, 2.45) is 0 Å². The van der Waals surface area contributed by atoms with E-state index in [2.05, 4.69) is 5.32 Å². The molecule has 0 aliphatic carbocycles. The minimum Gasteiger partial charge on any atom is -0.468 e. The fourth-order valence-electron chi connectivity index (χ4n) is 2.19. The standard InChI is InChI=1S/C13H24N2O3/c1-4-10(2)14-12(16)9-15-8-6-5-7-11(15)13(17)18-3/h10-11H,4-9H2,1-3H3,(H,14,16)/t10?,11-/m1/s1. The summed E-state index contributed by atoms with van der Waals surface area (Å²) in [6.07, 6.45) is 3.74. The number of carbonyl (C=O) groups is 2. The molecule has 0 radical (unpaired) electrons. The number of likely N-dealkylation sites (tertiary alicyclic amines) is 1. The van der Waals surface area contributed by atoms with Crippen LogP contribution in [0.4, 0.5) is 0 Å². The zero-order valence-corrected chi connectivity index (χ0v) is 11.6.